The predicted octanol–water partition coefficient (Wildman–Crippen LogP) is 4.69. The van der Waals surface area contributed by atoms with Crippen LogP contribution in [-0.2, 0) is 22.4 Å². The molecule has 1 aliphatic heterocycles. The molecular weight excluding hydrogens is 431 g/mol. The van der Waals surface area contributed by atoms with E-state index < -0.39 is 5.60 Å². The lowest BCUT2D eigenvalue weighted by Gasteiger charge is -2.44. The highest BCUT2D eigenvalue weighted by Gasteiger charge is 2.39. The molecule has 1 heterocycles. The van der Waals surface area contributed by atoms with Gasteiger partial charge in [-0.05, 0) is 49.2 Å². The summed E-state index contributed by atoms with van der Waals surface area (Å²) in [7, 11) is 0. The summed E-state index contributed by atoms with van der Waals surface area (Å²) in [5.41, 5.74) is 1.23. The minimum absolute atomic E-state index is 0.0609. The van der Waals surface area contributed by atoms with Gasteiger partial charge in [0, 0.05) is 30.1 Å². The lowest BCUT2D eigenvalue weighted by atomic mass is 9.90. The maximum absolute atomic E-state index is 12.5. The first-order valence-electron chi connectivity index (χ1n) is 9.51. The fourth-order valence-electron chi connectivity index (χ4n) is 3.26. The number of carbonyl (C=O) groups is 1. The summed E-state index contributed by atoms with van der Waals surface area (Å²) in [4.78, 5) is 12.5. The van der Waals surface area contributed by atoms with Crippen LogP contribution in [0.1, 0.15) is 25.0 Å². The van der Waals surface area contributed by atoms with Crippen LogP contribution >= 0.6 is 34.8 Å². The van der Waals surface area contributed by atoms with Crippen LogP contribution in [0.25, 0.3) is 0 Å². The molecule has 0 aliphatic carbocycles. The quantitative estimate of drug-likeness (QED) is 0.664. The number of halogens is 3. The first-order chi connectivity index (χ1) is 13.7. The van der Waals surface area contributed by atoms with Crippen molar-refractivity contribution in [1.29, 1.82) is 0 Å². The molecule has 2 N–H and O–H groups in total. The van der Waals surface area contributed by atoms with Crippen molar-refractivity contribution in [1.82, 2.24) is 10.6 Å². The van der Waals surface area contributed by atoms with Crippen molar-refractivity contribution >= 4 is 40.7 Å². The van der Waals surface area contributed by atoms with Gasteiger partial charge in [-0.25, -0.2) is 0 Å². The van der Waals surface area contributed by atoms with Crippen molar-refractivity contribution in [3.63, 3.8) is 0 Å². The number of amides is 1. The van der Waals surface area contributed by atoms with Crippen LogP contribution in [0.15, 0.2) is 42.5 Å². The van der Waals surface area contributed by atoms with Crippen LogP contribution < -0.4 is 10.6 Å². The third kappa shape index (κ3) is 6.34. The van der Waals surface area contributed by atoms with E-state index in [0.717, 1.165) is 11.1 Å². The zero-order chi connectivity index (χ0) is 21.1. The molecule has 1 fully saturated rings. The Morgan fingerprint density at radius 3 is 2.38 bits per heavy atom. The van der Waals surface area contributed by atoms with Crippen molar-refractivity contribution in [3.8, 4) is 0 Å². The zero-order valence-corrected chi connectivity index (χ0v) is 18.8. The lowest BCUT2D eigenvalue weighted by molar-refractivity contribution is -0.126. The lowest BCUT2D eigenvalue weighted by Crippen LogP contribution is -2.63. The maximum Gasteiger partial charge on any atom is 0.224 e. The molecule has 1 unspecified atom stereocenters. The van der Waals surface area contributed by atoms with Crippen molar-refractivity contribution in [2.24, 2.45) is 0 Å². The Morgan fingerprint density at radius 1 is 1.07 bits per heavy atom. The van der Waals surface area contributed by atoms with E-state index in [9.17, 15) is 4.79 Å². The topological polar surface area (TPSA) is 50.4 Å². The molecule has 3 rings (SSSR count). The van der Waals surface area contributed by atoms with Gasteiger partial charge < -0.3 is 15.4 Å². The van der Waals surface area contributed by atoms with E-state index in [1.165, 1.54) is 0 Å². The van der Waals surface area contributed by atoms with Crippen molar-refractivity contribution in [2.75, 3.05) is 19.7 Å². The smallest absolute Gasteiger partial charge is 0.224 e. The van der Waals surface area contributed by atoms with Gasteiger partial charge in [0.05, 0.1) is 23.1 Å². The summed E-state index contributed by atoms with van der Waals surface area (Å²) in [6, 6.07) is 12.9. The molecule has 7 heteroatoms. The maximum atomic E-state index is 12.5. The molecule has 0 bridgehead atoms. The summed E-state index contributed by atoms with van der Waals surface area (Å²) in [5, 5.41) is 8.24. The highest BCUT2D eigenvalue weighted by molar-refractivity contribution is 6.42. The second-order valence-electron chi connectivity index (χ2n) is 8.21. The number of hydrogen-bond acceptors (Lipinski definition) is 3. The molecule has 4 nitrogen and oxygen atoms in total. The standard InChI is InChI=1S/C22H25Cl3N2O2/c1-21(2)14-29-22(13-27-21,11-16-5-8-18(24)19(25)9-16)12-26-20(28)10-15-3-6-17(23)7-4-15/h3-9,27H,10-14H2,1-2H3,(H,26,28). The predicted molar refractivity (Wildman–Crippen MR) is 119 cm³/mol. The summed E-state index contributed by atoms with van der Waals surface area (Å²) in [5.74, 6) is -0.0609. The Balaban J connectivity index is 1.68. The number of carbonyl (C=O) groups excluding carboxylic acids is 1. The number of morpholine rings is 1. The minimum Gasteiger partial charge on any atom is -0.370 e. The average Bonchev–Trinajstić information content (AvgIpc) is 2.67. The van der Waals surface area contributed by atoms with Gasteiger partial charge in [-0.3, -0.25) is 4.79 Å². The van der Waals surface area contributed by atoms with Crippen LogP contribution in [0.5, 0.6) is 0 Å². The number of ether oxygens (including phenoxy) is 1. The van der Waals surface area contributed by atoms with Crippen molar-refractivity contribution in [3.05, 3.63) is 68.7 Å². The van der Waals surface area contributed by atoms with Gasteiger partial charge in [0.15, 0.2) is 0 Å². The van der Waals surface area contributed by atoms with E-state index in [1.807, 2.05) is 24.3 Å². The molecule has 1 atom stereocenters. The zero-order valence-electron chi connectivity index (χ0n) is 16.5. The van der Waals surface area contributed by atoms with Crippen LogP contribution in [-0.4, -0.2) is 36.7 Å². The Hall–Kier alpha value is -1.30. The van der Waals surface area contributed by atoms with Gasteiger partial charge in [0.1, 0.15) is 5.60 Å². The molecule has 0 aromatic heterocycles. The molecule has 0 spiro atoms. The van der Waals surface area contributed by atoms with E-state index >= 15 is 0 Å². The molecule has 1 saturated heterocycles. The van der Waals surface area contributed by atoms with Gasteiger partial charge in [-0.1, -0.05) is 53.0 Å². The summed E-state index contributed by atoms with van der Waals surface area (Å²) >= 11 is 18.1. The molecule has 0 saturated carbocycles. The van der Waals surface area contributed by atoms with Gasteiger partial charge in [-0.2, -0.15) is 0 Å². The molecule has 29 heavy (non-hydrogen) atoms. The van der Waals surface area contributed by atoms with Crippen LogP contribution in [0.2, 0.25) is 15.1 Å². The minimum atomic E-state index is -0.567. The Kier molecular flexibility index (Phi) is 7.13. The highest BCUT2D eigenvalue weighted by Crippen LogP contribution is 2.28. The summed E-state index contributed by atoms with van der Waals surface area (Å²) in [6.07, 6.45) is 0.896. The second-order valence-corrected chi connectivity index (χ2v) is 9.47. The summed E-state index contributed by atoms with van der Waals surface area (Å²) in [6.45, 7) is 5.73. The van der Waals surface area contributed by atoms with Crippen molar-refractivity contribution < 1.29 is 9.53 Å². The van der Waals surface area contributed by atoms with E-state index in [-0.39, 0.29) is 11.4 Å². The van der Waals surface area contributed by atoms with Crippen LogP contribution in [0.4, 0.5) is 0 Å². The van der Waals surface area contributed by atoms with Crippen LogP contribution in [0.3, 0.4) is 0 Å². The Labute approximate surface area is 186 Å². The normalized spacial score (nSPS) is 21.0. The second kappa shape index (κ2) is 9.23. The fraction of sp³-hybridized carbons (Fsp3) is 0.409. The molecule has 2 aromatic rings. The molecule has 2 aromatic carbocycles. The first-order valence-corrected chi connectivity index (χ1v) is 10.6. The summed E-state index contributed by atoms with van der Waals surface area (Å²) < 4.78 is 6.30. The first kappa shape index (κ1) is 22.4. The van der Waals surface area contributed by atoms with Gasteiger partial charge in [0.2, 0.25) is 5.91 Å². The molecular formula is C22H25Cl3N2O2. The molecule has 156 valence electrons. The molecule has 0 radical (unpaired) electrons. The number of rotatable bonds is 6. The number of hydrogen-bond donors (Lipinski definition) is 2. The van der Waals surface area contributed by atoms with Crippen molar-refractivity contribution in [2.45, 2.75) is 37.8 Å². The molecule has 1 aliphatic rings. The van der Waals surface area contributed by atoms with Crippen LogP contribution in [0, 0.1) is 0 Å². The SMILES string of the molecule is CC1(C)COC(CNC(=O)Cc2ccc(Cl)cc2)(Cc2ccc(Cl)c(Cl)c2)CN1. The Bertz CT molecular complexity index is 859. The van der Waals surface area contributed by atoms with Gasteiger partial charge >= 0.3 is 0 Å². The van der Waals surface area contributed by atoms with E-state index in [4.69, 9.17) is 39.5 Å². The van der Waals surface area contributed by atoms with E-state index in [2.05, 4.69) is 24.5 Å². The number of benzene rings is 2. The monoisotopic (exact) mass is 454 g/mol. The third-order valence-corrected chi connectivity index (χ3v) is 6.02. The van der Waals surface area contributed by atoms with E-state index in [1.54, 1.807) is 18.2 Å². The molecule has 1 amide bonds. The largest absolute Gasteiger partial charge is 0.370 e. The van der Waals surface area contributed by atoms with Gasteiger partial charge in [0.25, 0.3) is 0 Å². The number of nitrogens with one attached hydrogen (secondary N) is 2. The highest BCUT2D eigenvalue weighted by atomic mass is 35.5. The average molecular weight is 456 g/mol. The Morgan fingerprint density at radius 2 is 1.76 bits per heavy atom. The van der Waals surface area contributed by atoms with E-state index in [0.29, 0.717) is 47.6 Å². The van der Waals surface area contributed by atoms with Gasteiger partial charge in [-0.15, -0.1) is 0 Å². The third-order valence-electron chi connectivity index (χ3n) is 5.02. The fourth-order valence-corrected chi connectivity index (χ4v) is 3.70.